The Hall–Kier alpha value is -1.54. The molecule has 0 radical (unpaired) electrons. The van der Waals surface area contributed by atoms with Crippen molar-refractivity contribution in [2.75, 3.05) is 26.2 Å². The van der Waals surface area contributed by atoms with E-state index in [9.17, 15) is 9.59 Å². The van der Waals surface area contributed by atoms with Gasteiger partial charge < -0.3 is 10.2 Å². The Balaban J connectivity index is 1.63. The zero-order valence-electron chi connectivity index (χ0n) is 13.1. The molecule has 0 spiro atoms. The molecule has 5 heteroatoms. The molecule has 1 N–H and O–H groups in total. The highest BCUT2D eigenvalue weighted by molar-refractivity contribution is 5.87. The Labute approximate surface area is 132 Å². The van der Waals surface area contributed by atoms with Crippen molar-refractivity contribution in [3.63, 3.8) is 0 Å². The number of piperidine rings is 1. The number of likely N-dealkylation sites (tertiary alicyclic amines) is 1. The van der Waals surface area contributed by atoms with Gasteiger partial charge in [-0.2, -0.15) is 0 Å². The highest BCUT2D eigenvalue weighted by Crippen LogP contribution is 2.29. The lowest BCUT2D eigenvalue weighted by atomic mass is 9.85. The first-order chi connectivity index (χ1) is 10.7. The lowest BCUT2D eigenvalue weighted by molar-refractivity contribution is -0.148. The number of hydrogen-bond acceptors (Lipinski definition) is 3. The fourth-order valence-electron chi connectivity index (χ4n) is 4.12. The number of terminal acetylenes is 1. The normalized spacial score (nSPS) is 30.3. The van der Waals surface area contributed by atoms with Crippen molar-refractivity contribution in [3.8, 4) is 12.3 Å². The Kier molecular flexibility index (Phi) is 4.68. The van der Waals surface area contributed by atoms with Crippen molar-refractivity contribution in [1.82, 2.24) is 15.1 Å². The summed E-state index contributed by atoms with van der Waals surface area (Å²) >= 11 is 0. The molecule has 1 aliphatic carbocycles. The lowest BCUT2D eigenvalue weighted by Gasteiger charge is -2.45. The first-order valence-corrected chi connectivity index (χ1v) is 8.44. The minimum atomic E-state index is 0.00117. The molecule has 120 valence electrons. The molecular formula is C17H25N3O2. The third-order valence-electron chi connectivity index (χ3n) is 5.32. The van der Waals surface area contributed by atoms with Gasteiger partial charge in [-0.3, -0.25) is 14.5 Å². The van der Waals surface area contributed by atoms with Gasteiger partial charge in [0.05, 0.1) is 19.1 Å². The molecule has 0 aromatic heterocycles. The number of nitrogens with zero attached hydrogens (tertiary/aromatic N) is 2. The topological polar surface area (TPSA) is 52.7 Å². The fraction of sp³-hybridized carbons (Fsp3) is 0.765. The number of piperazine rings is 1. The smallest absolute Gasteiger partial charge is 0.239 e. The van der Waals surface area contributed by atoms with Crippen LogP contribution in [-0.2, 0) is 9.59 Å². The van der Waals surface area contributed by atoms with Crippen LogP contribution in [0.3, 0.4) is 0 Å². The average molecular weight is 303 g/mol. The number of amides is 2. The van der Waals surface area contributed by atoms with E-state index in [-0.39, 0.29) is 36.4 Å². The summed E-state index contributed by atoms with van der Waals surface area (Å²) in [5.74, 6) is 2.91. The summed E-state index contributed by atoms with van der Waals surface area (Å²) in [7, 11) is 0. The molecule has 0 aromatic rings. The maximum atomic E-state index is 12.9. The van der Waals surface area contributed by atoms with Crippen molar-refractivity contribution in [2.45, 2.75) is 50.6 Å². The minimum Gasteiger partial charge on any atom is -0.350 e. The van der Waals surface area contributed by atoms with Crippen molar-refractivity contribution in [3.05, 3.63) is 0 Å². The molecule has 2 saturated heterocycles. The predicted molar refractivity (Wildman–Crippen MR) is 83.9 cm³/mol. The highest BCUT2D eigenvalue weighted by Gasteiger charge is 2.41. The average Bonchev–Trinajstić information content (AvgIpc) is 2.54. The number of carbonyl (C=O) groups is 2. The second kappa shape index (κ2) is 6.70. The number of hydrogen-bond donors (Lipinski definition) is 1. The molecule has 1 saturated carbocycles. The van der Waals surface area contributed by atoms with Crippen LogP contribution in [0, 0.1) is 18.3 Å². The van der Waals surface area contributed by atoms with E-state index in [1.807, 2.05) is 4.90 Å². The van der Waals surface area contributed by atoms with Crippen LogP contribution in [0.5, 0.6) is 0 Å². The van der Waals surface area contributed by atoms with Crippen LogP contribution in [0.1, 0.15) is 38.5 Å². The van der Waals surface area contributed by atoms with Gasteiger partial charge in [0, 0.05) is 12.0 Å². The first kappa shape index (κ1) is 15.4. The molecule has 5 nitrogen and oxygen atoms in total. The van der Waals surface area contributed by atoms with E-state index in [0.29, 0.717) is 6.54 Å². The molecule has 2 atom stereocenters. The molecule has 2 amide bonds. The molecule has 0 bridgehead atoms. The monoisotopic (exact) mass is 303 g/mol. The van der Waals surface area contributed by atoms with Crippen LogP contribution >= 0.6 is 0 Å². The van der Waals surface area contributed by atoms with Gasteiger partial charge in [-0.1, -0.05) is 18.8 Å². The standard InChI is InChI=1S/C17H25N3O2/c1-2-9-19-10-7-13(8-11-19)17(22)20-12-16(21)18-14-5-3-4-6-15(14)20/h1,13-15H,3-12H2,(H,18,21). The molecular weight excluding hydrogens is 278 g/mol. The molecule has 2 aliphatic heterocycles. The van der Waals surface area contributed by atoms with Crippen LogP contribution in [0.15, 0.2) is 0 Å². The van der Waals surface area contributed by atoms with Crippen molar-refractivity contribution >= 4 is 11.8 Å². The molecule has 2 unspecified atom stereocenters. The van der Waals surface area contributed by atoms with E-state index < -0.39 is 0 Å². The number of carbonyl (C=O) groups excluding carboxylic acids is 2. The van der Waals surface area contributed by atoms with Gasteiger partial charge in [0.1, 0.15) is 0 Å². The van der Waals surface area contributed by atoms with Gasteiger partial charge in [0.15, 0.2) is 0 Å². The second-order valence-electron chi connectivity index (χ2n) is 6.75. The van der Waals surface area contributed by atoms with Gasteiger partial charge in [0.2, 0.25) is 11.8 Å². The van der Waals surface area contributed by atoms with Crippen LogP contribution in [-0.4, -0.2) is 59.9 Å². The van der Waals surface area contributed by atoms with Crippen molar-refractivity contribution < 1.29 is 9.59 Å². The predicted octanol–water partition coefficient (Wildman–Crippen LogP) is 0.601. The van der Waals surface area contributed by atoms with Gasteiger partial charge in [-0.15, -0.1) is 6.42 Å². The summed E-state index contributed by atoms with van der Waals surface area (Å²) < 4.78 is 0. The number of nitrogens with one attached hydrogen (secondary N) is 1. The van der Waals surface area contributed by atoms with Gasteiger partial charge in [0.25, 0.3) is 0 Å². The summed E-state index contributed by atoms with van der Waals surface area (Å²) in [4.78, 5) is 28.9. The minimum absolute atomic E-state index is 0.00117. The molecule has 3 rings (SSSR count). The molecule has 0 aromatic carbocycles. The van der Waals surface area contributed by atoms with Crippen LogP contribution < -0.4 is 5.32 Å². The third-order valence-corrected chi connectivity index (χ3v) is 5.32. The van der Waals surface area contributed by atoms with E-state index in [1.54, 1.807) is 0 Å². The summed E-state index contributed by atoms with van der Waals surface area (Å²) in [6, 6.07) is 0.378. The van der Waals surface area contributed by atoms with Crippen molar-refractivity contribution in [2.24, 2.45) is 5.92 Å². The Morgan fingerprint density at radius 3 is 2.68 bits per heavy atom. The quantitative estimate of drug-likeness (QED) is 0.760. The molecule has 3 fully saturated rings. The Bertz CT molecular complexity index is 477. The number of fused-ring (bicyclic) bond motifs is 1. The largest absolute Gasteiger partial charge is 0.350 e. The maximum absolute atomic E-state index is 12.9. The van der Waals surface area contributed by atoms with E-state index in [2.05, 4.69) is 16.1 Å². The zero-order chi connectivity index (χ0) is 15.5. The van der Waals surface area contributed by atoms with E-state index in [4.69, 9.17) is 6.42 Å². The second-order valence-corrected chi connectivity index (χ2v) is 6.75. The van der Waals surface area contributed by atoms with Gasteiger partial charge in [-0.25, -0.2) is 0 Å². The van der Waals surface area contributed by atoms with E-state index >= 15 is 0 Å². The molecule has 2 heterocycles. The van der Waals surface area contributed by atoms with Crippen LogP contribution in [0.25, 0.3) is 0 Å². The zero-order valence-corrected chi connectivity index (χ0v) is 13.1. The van der Waals surface area contributed by atoms with E-state index in [1.165, 1.54) is 0 Å². The Morgan fingerprint density at radius 2 is 1.95 bits per heavy atom. The maximum Gasteiger partial charge on any atom is 0.239 e. The first-order valence-electron chi connectivity index (χ1n) is 8.44. The molecule has 3 aliphatic rings. The summed E-state index contributed by atoms with van der Waals surface area (Å²) in [6.07, 6.45) is 11.4. The highest BCUT2D eigenvalue weighted by atomic mass is 16.2. The third kappa shape index (κ3) is 3.12. The molecule has 22 heavy (non-hydrogen) atoms. The van der Waals surface area contributed by atoms with Crippen LogP contribution in [0.4, 0.5) is 0 Å². The fourth-order valence-corrected chi connectivity index (χ4v) is 4.12. The summed E-state index contributed by atoms with van der Waals surface area (Å²) in [5.41, 5.74) is 0. The SMILES string of the molecule is C#CCN1CCC(C(=O)N2CC(=O)NC3CCCCC32)CC1. The Morgan fingerprint density at radius 1 is 1.23 bits per heavy atom. The lowest BCUT2D eigenvalue weighted by Crippen LogP contribution is -2.64. The summed E-state index contributed by atoms with van der Waals surface area (Å²) in [6.45, 7) is 2.67. The van der Waals surface area contributed by atoms with Gasteiger partial charge in [-0.05, 0) is 38.8 Å². The summed E-state index contributed by atoms with van der Waals surface area (Å²) in [5, 5.41) is 3.07. The van der Waals surface area contributed by atoms with Crippen molar-refractivity contribution in [1.29, 1.82) is 0 Å². The van der Waals surface area contributed by atoms with E-state index in [0.717, 1.165) is 51.6 Å². The van der Waals surface area contributed by atoms with Crippen LogP contribution in [0.2, 0.25) is 0 Å². The number of rotatable bonds is 2. The van der Waals surface area contributed by atoms with Gasteiger partial charge >= 0.3 is 0 Å².